The lowest BCUT2D eigenvalue weighted by Gasteiger charge is -2.56. The van der Waals surface area contributed by atoms with E-state index in [4.69, 9.17) is 61.6 Å². The minimum absolute atomic E-state index is 0.0800. The zero-order valence-electron chi connectivity index (χ0n) is 54.9. The Morgan fingerprint density at radius 1 is 0.692 bits per heavy atom. The number of nitrogens with one attached hydrogen (secondary N) is 2. The number of allylic oxidation sites excluding steroid dienone is 3. The first kappa shape index (κ1) is 69.8. The van der Waals surface area contributed by atoms with E-state index in [0.29, 0.717) is 50.5 Å². The fourth-order valence-corrected chi connectivity index (χ4v) is 17.1. The van der Waals surface area contributed by atoms with Crippen molar-refractivity contribution in [1.29, 1.82) is 0 Å². The highest BCUT2D eigenvalue weighted by Crippen LogP contribution is 2.61. The Kier molecular flexibility index (Phi) is 21.5. The Morgan fingerprint density at radius 3 is 2.00 bits per heavy atom. The number of aliphatic hydroxyl groups excluding tert-OH is 4. The molecule has 10 rings (SSSR count). The Hall–Kier alpha value is -4.00. The maximum absolute atomic E-state index is 15.5. The number of hydrogen-bond acceptors (Lipinski definition) is 23. The molecular formula is C66H100N2O23. The van der Waals surface area contributed by atoms with E-state index >= 15 is 4.79 Å². The standard InChI is InChI=1S/C66H100N2O23/c1-30-16-20-46(86-53-29-64(11,68(77)78)59(38(9)84-53)67-63(76)79-13)31(2)26-42-44(71)15-14-24-66(42)61(74)54(62(75)91-66)60(73)65(12)41(30)18-17-40-55(65)32(3)25-33(4)56(40)90-52-28-48(58(37(8)83-52)85-39(10)69)88-49-23-21-47(35(6)81-49)87-51-27-45(72)57(36(7)82-51)89-50-22-19-43(70)34(5)80-50/h16-18,26,32-38,40-53,55-59,68,70-73,77H,14-15,19-25,27-29H2,1-13H3,(H,67,76). The van der Waals surface area contributed by atoms with E-state index < -0.39 is 197 Å². The normalized spacial score (nSPS) is 47.5. The highest BCUT2D eigenvalue weighted by atomic mass is 16.8. The van der Waals surface area contributed by atoms with Crippen LogP contribution in [0.25, 0.3) is 0 Å². The molecule has 2 saturated carbocycles. The van der Waals surface area contributed by atoms with E-state index in [1.165, 1.54) is 21.0 Å². The van der Waals surface area contributed by atoms with Crippen LogP contribution in [0.3, 0.4) is 0 Å². The predicted octanol–water partition coefficient (Wildman–Crippen LogP) is 5.51. The van der Waals surface area contributed by atoms with Crippen molar-refractivity contribution in [3.63, 3.8) is 0 Å². The molecule has 0 aromatic rings. The van der Waals surface area contributed by atoms with E-state index in [1.807, 2.05) is 39.8 Å². The van der Waals surface area contributed by atoms with E-state index in [2.05, 4.69) is 25.2 Å². The van der Waals surface area contributed by atoms with Gasteiger partial charge in [-0.15, -0.1) is 0 Å². The minimum Gasteiger partial charge on any atom is -0.600 e. The van der Waals surface area contributed by atoms with E-state index in [1.54, 1.807) is 33.8 Å². The van der Waals surface area contributed by atoms with Gasteiger partial charge in [-0.1, -0.05) is 50.6 Å². The number of hydroxylamine groups is 2. The number of Topliss-reactive ketones (excluding diaryl/α,β-unsaturated/α-hetero) is 1. The van der Waals surface area contributed by atoms with Crippen LogP contribution in [0.5, 0.6) is 0 Å². The summed E-state index contributed by atoms with van der Waals surface area (Å²) in [6.45, 7) is 21.6. The van der Waals surface area contributed by atoms with Crippen LogP contribution in [0.4, 0.5) is 4.79 Å². The van der Waals surface area contributed by atoms with Gasteiger partial charge in [-0.2, -0.15) is 0 Å². The molecule has 30 unspecified atom stereocenters. The van der Waals surface area contributed by atoms with Gasteiger partial charge in [-0.25, -0.2) is 20.0 Å². The van der Waals surface area contributed by atoms with Crippen LogP contribution in [0.2, 0.25) is 0 Å². The lowest BCUT2D eigenvalue weighted by molar-refractivity contribution is -1.09. The fourth-order valence-electron chi connectivity index (χ4n) is 17.1. The molecule has 1 amide bonds. The number of quaternary nitrogens is 1. The second-order valence-electron chi connectivity index (χ2n) is 28.3. The minimum atomic E-state index is -1.86. The summed E-state index contributed by atoms with van der Waals surface area (Å²) < 4.78 is 81.9. The second-order valence-corrected chi connectivity index (χ2v) is 28.3. The average molecular weight is 1290 g/mol. The predicted molar refractivity (Wildman–Crippen MR) is 319 cm³/mol. The topological polar surface area (TPSA) is 329 Å². The van der Waals surface area contributed by atoms with E-state index in [9.17, 15) is 45.2 Å². The lowest BCUT2D eigenvalue weighted by Crippen LogP contribution is -3.17. The number of aliphatic hydroxyl groups is 4. The van der Waals surface area contributed by atoms with Crippen LogP contribution in [-0.4, -0.2) is 191 Å². The van der Waals surface area contributed by atoms with E-state index in [-0.39, 0.29) is 50.0 Å². The second kappa shape index (κ2) is 28.0. The smallest absolute Gasteiger partial charge is 0.407 e. The number of amides is 1. The lowest BCUT2D eigenvalue weighted by atomic mass is 9.49. The summed E-state index contributed by atoms with van der Waals surface area (Å²) >= 11 is 0. The Labute approximate surface area is 533 Å². The van der Waals surface area contributed by atoms with Crippen molar-refractivity contribution in [2.45, 2.75) is 294 Å². The van der Waals surface area contributed by atoms with Gasteiger partial charge in [0.2, 0.25) is 5.78 Å². The molecule has 6 saturated heterocycles. The summed E-state index contributed by atoms with van der Waals surface area (Å²) in [5.41, 5.74) is -3.88. The molecule has 0 aromatic heterocycles. The summed E-state index contributed by atoms with van der Waals surface area (Å²) in [6, 6.07) is -0.986. The molecule has 1 spiro atoms. The van der Waals surface area contributed by atoms with Gasteiger partial charge < -0.3 is 92.5 Å². The molecule has 6 aliphatic heterocycles. The van der Waals surface area contributed by atoms with Gasteiger partial charge in [0.15, 0.2) is 48.7 Å². The first-order valence-electron chi connectivity index (χ1n) is 33.1. The molecule has 25 nitrogen and oxygen atoms in total. The number of carbonyl (C=O) groups excluding carboxylic acids is 4. The maximum atomic E-state index is 15.5. The van der Waals surface area contributed by atoms with Crippen molar-refractivity contribution < 1.29 is 112 Å². The SMILES string of the molecule is COC(=O)NC1C(C)OC(OC2CC=C(C)C3C=CC4C(OC5CC(OC6CCC(OC7CC(O)C(OC8CCC(O)C(C)O8)C(C)O7)C(C)O6)C(OC(C)=O)C(C)O5)C(C)CC(C)C4C3(C)C(O)=C3C(=O)OC4(CCCC(O)C4C=C2C)C3=O)CC1(C)[NH+]([O-])O. The van der Waals surface area contributed by atoms with Gasteiger partial charge in [0.25, 0.3) is 0 Å². The van der Waals surface area contributed by atoms with Crippen molar-refractivity contribution in [1.82, 2.24) is 5.32 Å². The van der Waals surface area contributed by atoms with Crippen molar-refractivity contribution >= 4 is 23.8 Å². The highest BCUT2D eigenvalue weighted by molar-refractivity contribution is 6.26. The van der Waals surface area contributed by atoms with Crippen LogP contribution in [0.1, 0.15) is 160 Å². The zero-order chi connectivity index (χ0) is 65.9. The number of methoxy groups -OCH3 is 1. The molecule has 91 heavy (non-hydrogen) atoms. The number of hydrogen-bond donors (Lipinski definition) is 7. The van der Waals surface area contributed by atoms with Gasteiger partial charge in [0.1, 0.15) is 29.6 Å². The summed E-state index contributed by atoms with van der Waals surface area (Å²) in [7, 11) is 1.19. The number of ether oxygens (including phenoxy) is 13. The monoisotopic (exact) mass is 1290 g/mol. The molecule has 25 heteroatoms. The largest absolute Gasteiger partial charge is 0.600 e. The quantitative estimate of drug-likeness (QED) is 0.0393. The number of fused-ring (bicyclic) bond motifs is 4. The molecule has 2 bridgehead atoms. The Balaban J connectivity index is 0.888. The number of ketones is 1. The van der Waals surface area contributed by atoms with Crippen LogP contribution in [0.15, 0.2) is 46.8 Å². The Bertz CT molecular complexity index is 2750. The Morgan fingerprint density at radius 2 is 1.33 bits per heavy atom. The number of carbonyl (C=O) groups is 4. The first-order chi connectivity index (χ1) is 43.0. The van der Waals surface area contributed by atoms with Gasteiger partial charge in [-0.3, -0.25) is 9.59 Å². The van der Waals surface area contributed by atoms with Crippen molar-refractivity contribution in [2.75, 3.05) is 7.11 Å². The molecule has 10 aliphatic rings. The molecule has 7 N–H and O–H groups in total. The number of esters is 2. The van der Waals surface area contributed by atoms with Crippen LogP contribution >= 0.6 is 0 Å². The van der Waals surface area contributed by atoms with Gasteiger partial charge in [0.05, 0.1) is 86.6 Å². The van der Waals surface area contributed by atoms with Crippen LogP contribution < -0.4 is 10.5 Å². The molecule has 8 fully saturated rings. The summed E-state index contributed by atoms with van der Waals surface area (Å²) in [5, 5.41) is 71.6. The van der Waals surface area contributed by atoms with Crippen LogP contribution in [0, 0.1) is 46.1 Å². The van der Waals surface area contributed by atoms with Crippen molar-refractivity contribution in [3.8, 4) is 0 Å². The molecule has 30 atom stereocenters. The molecule has 4 aliphatic carbocycles. The highest BCUT2D eigenvalue weighted by Gasteiger charge is 2.65. The zero-order valence-corrected chi connectivity index (χ0v) is 54.9. The van der Waals surface area contributed by atoms with Crippen LogP contribution in [-0.2, 0) is 76.0 Å². The first-order valence-corrected chi connectivity index (χ1v) is 33.1. The molecule has 6 heterocycles. The van der Waals surface area contributed by atoms with Gasteiger partial charge in [0, 0.05) is 49.9 Å². The third-order valence-electron chi connectivity index (χ3n) is 21.9. The summed E-state index contributed by atoms with van der Waals surface area (Å²) in [6.07, 6.45) is -2.90. The van der Waals surface area contributed by atoms with Crippen molar-refractivity contribution in [3.05, 3.63) is 52.0 Å². The third-order valence-corrected chi connectivity index (χ3v) is 21.9. The van der Waals surface area contributed by atoms with Crippen molar-refractivity contribution in [2.24, 2.45) is 40.9 Å². The van der Waals surface area contributed by atoms with E-state index in [0.717, 1.165) is 5.57 Å². The van der Waals surface area contributed by atoms with Gasteiger partial charge >= 0.3 is 18.0 Å². The molecule has 0 radical (unpaired) electrons. The summed E-state index contributed by atoms with van der Waals surface area (Å²) in [4.78, 5) is 55.3. The third kappa shape index (κ3) is 13.9. The summed E-state index contributed by atoms with van der Waals surface area (Å²) in [5.74, 6) is -5.37. The average Bonchev–Trinajstić information content (AvgIpc) is 1.69. The molecular weight excluding hydrogens is 1190 g/mol. The number of alkyl carbamates (subject to hydrolysis) is 1. The molecule has 512 valence electrons. The number of rotatable bonds is 13. The fraction of sp³-hybridized carbons (Fsp3) is 0.818. The maximum Gasteiger partial charge on any atom is 0.407 e. The van der Waals surface area contributed by atoms with Gasteiger partial charge in [-0.05, 0) is 124 Å². The molecule has 0 aromatic carbocycles.